The molecule has 78 valence electrons. The molecule has 0 saturated heterocycles. The van der Waals surface area contributed by atoms with Crippen molar-refractivity contribution in [2.24, 2.45) is 5.92 Å². The fourth-order valence-corrected chi connectivity index (χ4v) is 1.72. The van der Waals surface area contributed by atoms with E-state index in [-0.39, 0.29) is 6.61 Å². The second-order valence-corrected chi connectivity index (χ2v) is 4.35. The van der Waals surface area contributed by atoms with Crippen LogP contribution in [0.1, 0.15) is 37.8 Å². The van der Waals surface area contributed by atoms with Crippen LogP contribution in [-0.4, -0.2) is 11.7 Å². The van der Waals surface area contributed by atoms with Crippen molar-refractivity contribution in [2.45, 2.75) is 33.1 Å². The van der Waals surface area contributed by atoms with Crippen molar-refractivity contribution in [3.8, 4) is 0 Å². The Kier molecular flexibility index (Phi) is 4.15. The molecule has 0 bridgehead atoms. The zero-order valence-corrected chi connectivity index (χ0v) is 9.33. The van der Waals surface area contributed by atoms with Gasteiger partial charge in [0, 0.05) is 6.61 Å². The topological polar surface area (TPSA) is 20.2 Å². The van der Waals surface area contributed by atoms with E-state index in [0.29, 0.717) is 11.8 Å². The number of aliphatic hydroxyl groups excluding tert-OH is 1. The van der Waals surface area contributed by atoms with Crippen molar-refractivity contribution < 1.29 is 5.11 Å². The second-order valence-electron chi connectivity index (χ2n) is 4.35. The highest BCUT2D eigenvalue weighted by molar-refractivity contribution is 5.29. The summed E-state index contributed by atoms with van der Waals surface area (Å²) in [5.41, 5.74) is 2.79. The molecular weight excluding hydrogens is 172 g/mol. The van der Waals surface area contributed by atoms with Crippen LogP contribution in [0, 0.1) is 5.92 Å². The zero-order chi connectivity index (χ0) is 10.6. The first kappa shape index (κ1) is 11.3. The van der Waals surface area contributed by atoms with Crippen molar-refractivity contribution in [3.05, 3.63) is 35.4 Å². The van der Waals surface area contributed by atoms with E-state index < -0.39 is 0 Å². The van der Waals surface area contributed by atoms with Gasteiger partial charge in [-0.1, -0.05) is 45.0 Å². The summed E-state index contributed by atoms with van der Waals surface area (Å²) in [5.74, 6) is 0.923. The van der Waals surface area contributed by atoms with Gasteiger partial charge in [-0.3, -0.25) is 0 Å². The average Bonchev–Trinajstić information content (AvgIpc) is 2.18. The highest BCUT2D eigenvalue weighted by Crippen LogP contribution is 2.21. The highest BCUT2D eigenvalue weighted by atomic mass is 16.3. The summed E-state index contributed by atoms with van der Waals surface area (Å²) in [7, 11) is 0. The van der Waals surface area contributed by atoms with Crippen LogP contribution < -0.4 is 0 Å². The Morgan fingerprint density at radius 2 is 1.79 bits per heavy atom. The van der Waals surface area contributed by atoms with Crippen LogP contribution in [0.25, 0.3) is 0 Å². The lowest BCUT2D eigenvalue weighted by Crippen LogP contribution is -2.07. The number of aliphatic hydroxyl groups is 1. The lowest BCUT2D eigenvalue weighted by atomic mass is 9.92. The number of rotatable bonds is 4. The molecule has 0 aromatic heterocycles. The monoisotopic (exact) mass is 192 g/mol. The molecule has 1 nitrogen and oxygen atoms in total. The third kappa shape index (κ3) is 2.85. The van der Waals surface area contributed by atoms with Gasteiger partial charge in [-0.2, -0.15) is 0 Å². The first-order valence-electron chi connectivity index (χ1n) is 5.33. The van der Waals surface area contributed by atoms with Crippen LogP contribution in [0.5, 0.6) is 0 Å². The summed E-state index contributed by atoms with van der Waals surface area (Å²) in [6, 6.07) is 8.51. The largest absolute Gasteiger partial charge is 0.396 e. The maximum absolute atomic E-state index is 9.03. The van der Waals surface area contributed by atoms with Crippen LogP contribution in [0.2, 0.25) is 0 Å². The van der Waals surface area contributed by atoms with E-state index in [9.17, 15) is 0 Å². The lowest BCUT2D eigenvalue weighted by molar-refractivity contribution is 0.237. The van der Waals surface area contributed by atoms with Gasteiger partial charge in [-0.15, -0.1) is 0 Å². The summed E-state index contributed by atoms with van der Waals surface area (Å²) < 4.78 is 0. The molecule has 0 aliphatic carbocycles. The zero-order valence-electron chi connectivity index (χ0n) is 9.33. The Bertz CT molecular complexity index is 278. The molecule has 0 amide bonds. The summed E-state index contributed by atoms with van der Waals surface area (Å²) in [4.78, 5) is 0. The standard InChI is InChI=1S/C13H20O/c1-10(2)13-7-5-4-6-12(13)8-11(3)9-14/h4-7,10-11,14H,8-9H2,1-3H3. The van der Waals surface area contributed by atoms with Gasteiger partial charge in [-0.05, 0) is 29.4 Å². The van der Waals surface area contributed by atoms with Crippen molar-refractivity contribution in [3.63, 3.8) is 0 Å². The minimum absolute atomic E-state index is 0.270. The van der Waals surface area contributed by atoms with Crippen molar-refractivity contribution in [1.82, 2.24) is 0 Å². The molecule has 0 radical (unpaired) electrons. The molecule has 0 fully saturated rings. The van der Waals surface area contributed by atoms with E-state index >= 15 is 0 Å². The Hall–Kier alpha value is -0.820. The maximum Gasteiger partial charge on any atom is 0.0459 e. The van der Waals surface area contributed by atoms with Gasteiger partial charge in [0.25, 0.3) is 0 Å². The van der Waals surface area contributed by atoms with Crippen LogP contribution in [0.15, 0.2) is 24.3 Å². The number of hydrogen-bond acceptors (Lipinski definition) is 1. The van der Waals surface area contributed by atoms with Crippen LogP contribution >= 0.6 is 0 Å². The van der Waals surface area contributed by atoms with Gasteiger partial charge < -0.3 is 5.11 Å². The normalized spacial score (nSPS) is 13.2. The molecule has 14 heavy (non-hydrogen) atoms. The SMILES string of the molecule is CC(CO)Cc1ccccc1C(C)C. The fourth-order valence-electron chi connectivity index (χ4n) is 1.72. The Labute approximate surface area is 86.8 Å². The molecule has 1 atom stereocenters. The van der Waals surface area contributed by atoms with Gasteiger partial charge >= 0.3 is 0 Å². The molecule has 0 heterocycles. The van der Waals surface area contributed by atoms with Gasteiger partial charge in [-0.25, -0.2) is 0 Å². The average molecular weight is 192 g/mol. The lowest BCUT2D eigenvalue weighted by Gasteiger charge is -2.15. The van der Waals surface area contributed by atoms with Gasteiger partial charge in [0.2, 0.25) is 0 Å². The molecule has 0 spiro atoms. The van der Waals surface area contributed by atoms with E-state index in [0.717, 1.165) is 6.42 Å². The van der Waals surface area contributed by atoms with E-state index in [1.165, 1.54) is 11.1 Å². The Morgan fingerprint density at radius 3 is 2.36 bits per heavy atom. The summed E-state index contributed by atoms with van der Waals surface area (Å²) in [5, 5.41) is 9.03. The predicted molar refractivity (Wildman–Crippen MR) is 60.5 cm³/mol. The molecule has 1 N–H and O–H groups in total. The van der Waals surface area contributed by atoms with Gasteiger partial charge in [0.1, 0.15) is 0 Å². The minimum atomic E-state index is 0.270. The van der Waals surface area contributed by atoms with Gasteiger partial charge in [0.05, 0.1) is 0 Å². The van der Waals surface area contributed by atoms with Crippen molar-refractivity contribution >= 4 is 0 Å². The molecule has 1 aromatic rings. The third-order valence-electron chi connectivity index (χ3n) is 2.56. The first-order chi connectivity index (χ1) is 6.65. The summed E-state index contributed by atoms with van der Waals surface area (Å²) >= 11 is 0. The quantitative estimate of drug-likeness (QED) is 0.777. The second kappa shape index (κ2) is 5.16. The van der Waals surface area contributed by atoms with Crippen LogP contribution in [0.3, 0.4) is 0 Å². The smallest absolute Gasteiger partial charge is 0.0459 e. The summed E-state index contributed by atoms with van der Waals surface area (Å²) in [6.07, 6.45) is 0.977. The number of benzene rings is 1. The van der Waals surface area contributed by atoms with E-state index in [2.05, 4.69) is 45.0 Å². The third-order valence-corrected chi connectivity index (χ3v) is 2.56. The van der Waals surface area contributed by atoms with E-state index in [1.54, 1.807) is 0 Å². The summed E-state index contributed by atoms with van der Waals surface area (Å²) in [6.45, 7) is 6.77. The molecule has 1 heteroatoms. The molecule has 0 aliphatic rings. The molecule has 1 unspecified atom stereocenters. The fraction of sp³-hybridized carbons (Fsp3) is 0.538. The molecule has 1 aromatic carbocycles. The minimum Gasteiger partial charge on any atom is -0.396 e. The molecule has 0 saturated carbocycles. The molecule has 0 aliphatic heterocycles. The Balaban J connectivity index is 2.84. The van der Waals surface area contributed by atoms with Crippen molar-refractivity contribution in [2.75, 3.05) is 6.61 Å². The van der Waals surface area contributed by atoms with Crippen molar-refractivity contribution in [1.29, 1.82) is 0 Å². The van der Waals surface area contributed by atoms with E-state index in [4.69, 9.17) is 5.11 Å². The highest BCUT2D eigenvalue weighted by Gasteiger charge is 2.08. The predicted octanol–water partition coefficient (Wildman–Crippen LogP) is 2.98. The number of hydrogen-bond donors (Lipinski definition) is 1. The van der Waals surface area contributed by atoms with E-state index in [1.807, 2.05) is 0 Å². The molecule has 1 rings (SSSR count). The van der Waals surface area contributed by atoms with Gasteiger partial charge in [0.15, 0.2) is 0 Å². The van der Waals surface area contributed by atoms with Crippen LogP contribution in [-0.2, 0) is 6.42 Å². The molecular formula is C13H20O. The maximum atomic E-state index is 9.03. The first-order valence-corrected chi connectivity index (χ1v) is 5.33. The van der Waals surface area contributed by atoms with Crippen LogP contribution in [0.4, 0.5) is 0 Å². The Morgan fingerprint density at radius 1 is 1.14 bits per heavy atom.